The lowest BCUT2D eigenvalue weighted by atomic mass is 10.2. The molecule has 1 N–H and O–H groups in total. The minimum atomic E-state index is -1.04. The van der Waals surface area contributed by atoms with Crippen LogP contribution in [0.1, 0.15) is 19.8 Å². The Morgan fingerprint density at radius 1 is 1.55 bits per heavy atom. The molecule has 0 bridgehead atoms. The van der Waals surface area contributed by atoms with Crippen LogP contribution in [-0.4, -0.2) is 23.1 Å². The number of hydrogen-bond acceptors (Lipinski definition) is 3. The van der Waals surface area contributed by atoms with E-state index in [1.165, 1.54) is 6.92 Å². The van der Waals surface area contributed by atoms with Crippen LogP contribution in [0.2, 0.25) is 0 Å². The average molecular weight is 158 g/mol. The van der Waals surface area contributed by atoms with E-state index in [0.717, 1.165) is 12.8 Å². The Morgan fingerprint density at radius 3 is 2.36 bits per heavy atom. The van der Waals surface area contributed by atoms with E-state index in [9.17, 15) is 9.59 Å². The maximum absolute atomic E-state index is 10.4. The van der Waals surface area contributed by atoms with Gasteiger partial charge in [-0.3, -0.25) is 4.79 Å². The van der Waals surface area contributed by atoms with Crippen LogP contribution in [0.15, 0.2) is 0 Å². The van der Waals surface area contributed by atoms with Crippen molar-refractivity contribution >= 4 is 11.9 Å². The van der Waals surface area contributed by atoms with Crippen molar-refractivity contribution in [3.63, 3.8) is 0 Å². The van der Waals surface area contributed by atoms with Gasteiger partial charge in [-0.1, -0.05) is 0 Å². The number of aliphatic carboxylic acids is 1. The molecule has 1 rings (SSSR count). The smallest absolute Gasteiger partial charge is 0.345 e. The molecule has 0 aromatic carbocycles. The van der Waals surface area contributed by atoms with Crippen LogP contribution in [0.4, 0.5) is 0 Å². The Labute approximate surface area is 64.2 Å². The largest absolute Gasteiger partial charge is 0.478 e. The highest BCUT2D eigenvalue weighted by Gasteiger charge is 2.38. The second kappa shape index (κ2) is 2.90. The number of rotatable bonds is 3. The minimum Gasteiger partial charge on any atom is -0.478 e. The fourth-order valence-corrected chi connectivity index (χ4v) is 0.926. The zero-order valence-corrected chi connectivity index (χ0v) is 6.24. The summed E-state index contributed by atoms with van der Waals surface area (Å²) in [6.07, 6.45) is 0.793. The molecule has 1 unspecified atom stereocenters. The third-order valence-electron chi connectivity index (χ3n) is 1.59. The van der Waals surface area contributed by atoms with Crippen molar-refractivity contribution in [2.24, 2.45) is 5.92 Å². The first-order valence-corrected chi connectivity index (χ1v) is 3.51. The first-order chi connectivity index (χ1) is 5.11. The molecular weight excluding hydrogens is 148 g/mol. The van der Waals surface area contributed by atoms with Gasteiger partial charge in [-0.05, 0) is 12.8 Å². The summed E-state index contributed by atoms with van der Waals surface area (Å²) in [7, 11) is 0. The SMILES string of the molecule is CC(=O)OC(C(=O)O)C1CC1. The fourth-order valence-electron chi connectivity index (χ4n) is 0.926. The summed E-state index contributed by atoms with van der Waals surface area (Å²) in [5, 5.41) is 8.56. The number of hydrogen-bond donors (Lipinski definition) is 1. The van der Waals surface area contributed by atoms with Crippen LogP contribution in [0, 0.1) is 5.92 Å². The maximum Gasteiger partial charge on any atom is 0.345 e. The monoisotopic (exact) mass is 158 g/mol. The second-order valence-electron chi connectivity index (χ2n) is 2.71. The van der Waals surface area contributed by atoms with E-state index in [-0.39, 0.29) is 5.92 Å². The Kier molecular flexibility index (Phi) is 2.12. The molecule has 62 valence electrons. The topological polar surface area (TPSA) is 63.6 Å². The summed E-state index contributed by atoms with van der Waals surface area (Å²) in [5.74, 6) is -1.51. The summed E-state index contributed by atoms with van der Waals surface area (Å²) in [5.41, 5.74) is 0. The van der Waals surface area contributed by atoms with Gasteiger partial charge in [-0.2, -0.15) is 0 Å². The second-order valence-corrected chi connectivity index (χ2v) is 2.71. The highest BCUT2D eigenvalue weighted by atomic mass is 16.6. The molecule has 1 aliphatic carbocycles. The molecule has 4 nitrogen and oxygen atoms in total. The zero-order valence-electron chi connectivity index (χ0n) is 6.24. The molecule has 0 aromatic rings. The number of carboxylic acid groups (broad SMARTS) is 1. The predicted octanol–water partition coefficient (Wildman–Crippen LogP) is 0.413. The van der Waals surface area contributed by atoms with Crippen LogP contribution >= 0.6 is 0 Å². The summed E-state index contributed by atoms with van der Waals surface area (Å²) in [6, 6.07) is 0. The van der Waals surface area contributed by atoms with Crippen molar-refractivity contribution in [3.8, 4) is 0 Å². The van der Waals surface area contributed by atoms with Gasteiger partial charge in [0.05, 0.1) is 0 Å². The summed E-state index contributed by atoms with van der Waals surface area (Å²) >= 11 is 0. The molecular formula is C7H10O4. The molecule has 0 amide bonds. The van der Waals surface area contributed by atoms with Gasteiger partial charge in [-0.25, -0.2) is 4.79 Å². The molecule has 0 aromatic heterocycles. The number of carboxylic acids is 1. The Balaban J connectivity index is 2.45. The summed E-state index contributed by atoms with van der Waals surface area (Å²) in [4.78, 5) is 20.8. The quantitative estimate of drug-likeness (QED) is 0.604. The van der Waals surface area contributed by atoms with Crippen LogP contribution in [0.5, 0.6) is 0 Å². The standard InChI is InChI=1S/C7H10O4/c1-4(8)11-6(7(9)10)5-2-3-5/h5-6H,2-3H2,1H3,(H,9,10). The van der Waals surface area contributed by atoms with Crippen LogP contribution in [0.25, 0.3) is 0 Å². The lowest BCUT2D eigenvalue weighted by Crippen LogP contribution is -2.27. The lowest BCUT2D eigenvalue weighted by Gasteiger charge is -2.09. The van der Waals surface area contributed by atoms with Crippen molar-refractivity contribution in [2.75, 3.05) is 0 Å². The molecule has 0 aliphatic heterocycles. The molecule has 0 heterocycles. The van der Waals surface area contributed by atoms with Gasteiger partial charge in [0.1, 0.15) is 0 Å². The zero-order chi connectivity index (χ0) is 8.43. The fraction of sp³-hybridized carbons (Fsp3) is 0.714. The number of carbonyl (C=O) groups excluding carboxylic acids is 1. The molecule has 0 radical (unpaired) electrons. The van der Waals surface area contributed by atoms with Gasteiger partial charge in [0, 0.05) is 12.8 Å². The highest BCUT2D eigenvalue weighted by molar-refractivity contribution is 5.77. The average Bonchev–Trinajstić information content (AvgIpc) is 2.63. The highest BCUT2D eigenvalue weighted by Crippen LogP contribution is 2.34. The van der Waals surface area contributed by atoms with Gasteiger partial charge in [0.15, 0.2) is 0 Å². The predicted molar refractivity (Wildman–Crippen MR) is 35.9 cm³/mol. The molecule has 1 fully saturated rings. The lowest BCUT2D eigenvalue weighted by molar-refractivity contribution is -0.163. The molecule has 0 spiro atoms. The number of esters is 1. The number of ether oxygens (including phenoxy) is 1. The molecule has 1 aliphatic rings. The first-order valence-electron chi connectivity index (χ1n) is 3.51. The van der Waals surface area contributed by atoms with Gasteiger partial charge in [-0.15, -0.1) is 0 Å². The van der Waals surface area contributed by atoms with Gasteiger partial charge in [0.2, 0.25) is 6.10 Å². The van der Waals surface area contributed by atoms with Crippen LogP contribution < -0.4 is 0 Å². The summed E-state index contributed by atoms with van der Waals surface area (Å²) < 4.78 is 4.60. The molecule has 11 heavy (non-hydrogen) atoms. The number of carbonyl (C=O) groups is 2. The minimum absolute atomic E-state index is 0.0522. The van der Waals surface area contributed by atoms with Crippen molar-refractivity contribution in [2.45, 2.75) is 25.9 Å². The van der Waals surface area contributed by atoms with Gasteiger partial charge >= 0.3 is 11.9 Å². The molecule has 1 atom stereocenters. The van der Waals surface area contributed by atoms with E-state index in [1.54, 1.807) is 0 Å². The van der Waals surface area contributed by atoms with Gasteiger partial charge in [0.25, 0.3) is 0 Å². The van der Waals surface area contributed by atoms with E-state index in [0.29, 0.717) is 0 Å². The van der Waals surface area contributed by atoms with Crippen molar-refractivity contribution in [1.29, 1.82) is 0 Å². The first kappa shape index (κ1) is 8.04. The Morgan fingerprint density at radius 2 is 2.09 bits per heavy atom. The van der Waals surface area contributed by atoms with E-state index >= 15 is 0 Å². The van der Waals surface area contributed by atoms with Crippen LogP contribution in [-0.2, 0) is 14.3 Å². The molecule has 1 saturated carbocycles. The van der Waals surface area contributed by atoms with Gasteiger partial charge < -0.3 is 9.84 Å². The van der Waals surface area contributed by atoms with E-state index in [4.69, 9.17) is 5.11 Å². The third-order valence-corrected chi connectivity index (χ3v) is 1.59. The van der Waals surface area contributed by atoms with Crippen molar-refractivity contribution in [3.05, 3.63) is 0 Å². The summed E-state index contributed by atoms with van der Waals surface area (Å²) in [6.45, 7) is 1.22. The maximum atomic E-state index is 10.4. The normalized spacial score (nSPS) is 19.0. The van der Waals surface area contributed by atoms with E-state index in [2.05, 4.69) is 4.74 Å². The Hall–Kier alpha value is -1.06. The van der Waals surface area contributed by atoms with E-state index in [1.807, 2.05) is 0 Å². The van der Waals surface area contributed by atoms with Crippen LogP contribution in [0.3, 0.4) is 0 Å². The van der Waals surface area contributed by atoms with Crippen molar-refractivity contribution in [1.82, 2.24) is 0 Å². The molecule has 4 heteroatoms. The van der Waals surface area contributed by atoms with Crippen molar-refractivity contribution < 1.29 is 19.4 Å². The Bertz CT molecular complexity index is 183. The third kappa shape index (κ3) is 2.22. The van der Waals surface area contributed by atoms with E-state index < -0.39 is 18.0 Å². The molecule has 0 saturated heterocycles.